The number of rotatable bonds is 6. The van der Waals surface area contributed by atoms with E-state index in [9.17, 15) is 18.0 Å². The molecule has 0 spiro atoms. The number of carbonyl (C=O) groups is 1. The number of aromatic nitrogens is 2. The maximum atomic E-state index is 12.9. The summed E-state index contributed by atoms with van der Waals surface area (Å²) in [6, 6.07) is 10.4. The second-order valence-corrected chi connectivity index (χ2v) is 9.17. The number of hydrogen-bond acceptors (Lipinski definition) is 6. The third-order valence-electron chi connectivity index (χ3n) is 6.75. The van der Waals surface area contributed by atoms with Gasteiger partial charge in [-0.25, -0.2) is 9.78 Å². The first-order valence-corrected chi connectivity index (χ1v) is 12.0. The molecule has 35 heavy (non-hydrogen) atoms. The number of nitrogens with zero attached hydrogens (tertiary/aromatic N) is 5. The predicted octanol–water partition coefficient (Wildman–Crippen LogP) is 3.21. The van der Waals surface area contributed by atoms with Gasteiger partial charge in [0.2, 0.25) is 5.95 Å². The Morgan fingerprint density at radius 1 is 1.06 bits per heavy atom. The molecule has 2 aliphatic heterocycles. The van der Waals surface area contributed by atoms with E-state index in [1.807, 2.05) is 6.07 Å². The van der Waals surface area contributed by atoms with Crippen LogP contribution in [-0.4, -0.2) is 71.6 Å². The number of nitrogens with two attached hydrogens (primary N) is 1. The average molecular weight is 492 g/mol. The Kier molecular flexibility index (Phi) is 7.94. The summed E-state index contributed by atoms with van der Waals surface area (Å²) >= 11 is 0. The highest BCUT2D eigenvalue weighted by Crippen LogP contribution is 2.32. The highest BCUT2D eigenvalue weighted by Gasteiger charge is 2.35. The lowest BCUT2D eigenvalue weighted by atomic mass is 9.93. The summed E-state index contributed by atoms with van der Waals surface area (Å²) in [4.78, 5) is 26.1. The number of nitrogens with one attached hydrogen (secondary N) is 1. The molecule has 4 rings (SSSR count). The zero-order valence-electron chi connectivity index (χ0n) is 19.7. The van der Waals surface area contributed by atoms with Gasteiger partial charge in [-0.05, 0) is 43.8 Å². The Labute approximate surface area is 203 Å². The molecule has 0 atom stereocenters. The molecule has 0 radical (unpaired) electrons. The van der Waals surface area contributed by atoms with Crippen molar-refractivity contribution in [3.63, 3.8) is 0 Å². The molecule has 2 amide bonds. The maximum absolute atomic E-state index is 12.9. The first-order valence-electron chi connectivity index (χ1n) is 12.0. The molecule has 2 fully saturated rings. The van der Waals surface area contributed by atoms with Crippen molar-refractivity contribution >= 4 is 17.8 Å². The van der Waals surface area contributed by atoms with E-state index < -0.39 is 17.6 Å². The van der Waals surface area contributed by atoms with E-state index >= 15 is 0 Å². The number of benzene rings is 1. The topological polar surface area (TPSA) is 90.6 Å². The van der Waals surface area contributed by atoms with Gasteiger partial charge < -0.3 is 20.9 Å². The third kappa shape index (κ3) is 6.74. The van der Waals surface area contributed by atoms with Crippen molar-refractivity contribution in [1.29, 1.82) is 0 Å². The van der Waals surface area contributed by atoms with Crippen molar-refractivity contribution in [2.45, 2.75) is 32.0 Å². The van der Waals surface area contributed by atoms with Crippen LogP contribution in [-0.2, 0) is 12.7 Å². The van der Waals surface area contributed by atoms with E-state index in [1.165, 1.54) is 5.56 Å². The maximum Gasteiger partial charge on any atom is 0.421 e. The van der Waals surface area contributed by atoms with E-state index in [1.54, 1.807) is 9.80 Å². The molecule has 0 saturated carbocycles. The van der Waals surface area contributed by atoms with E-state index in [2.05, 4.69) is 44.5 Å². The molecule has 0 bridgehead atoms. The number of alkyl halides is 3. The lowest BCUT2D eigenvalue weighted by Gasteiger charge is -2.35. The summed E-state index contributed by atoms with van der Waals surface area (Å²) in [5.41, 5.74) is 5.77. The minimum atomic E-state index is -4.58. The quantitative estimate of drug-likeness (QED) is 0.645. The van der Waals surface area contributed by atoms with E-state index in [0.717, 1.165) is 38.9 Å². The van der Waals surface area contributed by atoms with Crippen LogP contribution in [0.5, 0.6) is 0 Å². The molecule has 8 nitrogen and oxygen atoms in total. The summed E-state index contributed by atoms with van der Waals surface area (Å²) in [6.45, 7) is 5.51. The van der Waals surface area contributed by atoms with Gasteiger partial charge >= 0.3 is 12.2 Å². The monoisotopic (exact) mass is 491 g/mol. The Morgan fingerprint density at radius 2 is 1.74 bits per heavy atom. The Morgan fingerprint density at radius 3 is 2.37 bits per heavy atom. The van der Waals surface area contributed by atoms with Crippen LogP contribution in [0.25, 0.3) is 0 Å². The highest BCUT2D eigenvalue weighted by atomic mass is 19.4. The molecular formula is C24H32F3N7O. The number of piperazine rings is 1. The molecule has 0 unspecified atom stereocenters. The van der Waals surface area contributed by atoms with Crippen LogP contribution in [0.4, 0.5) is 29.7 Å². The van der Waals surface area contributed by atoms with E-state index in [-0.39, 0.29) is 12.0 Å². The van der Waals surface area contributed by atoms with E-state index in [0.29, 0.717) is 44.8 Å². The lowest BCUT2D eigenvalue weighted by molar-refractivity contribution is -0.137. The zero-order valence-corrected chi connectivity index (χ0v) is 19.7. The predicted molar refractivity (Wildman–Crippen MR) is 128 cm³/mol. The molecular weight excluding hydrogens is 459 g/mol. The first-order chi connectivity index (χ1) is 16.8. The number of halogens is 3. The van der Waals surface area contributed by atoms with Crippen LogP contribution in [0.15, 0.2) is 36.5 Å². The molecule has 11 heteroatoms. The van der Waals surface area contributed by atoms with Gasteiger partial charge in [-0.3, -0.25) is 4.90 Å². The average Bonchev–Trinajstić information content (AvgIpc) is 2.85. The third-order valence-corrected chi connectivity index (χ3v) is 6.75. The number of likely N-dealkylation sites (tertiary alicyclic amines) is 1. The Balaban J connectivity index is 1.14. The van der Waals surface area contributed by atoms with Crippen molar-refractivity contribution in [3.8, 4) is 0 Å². The zero-order chi connectivity index (χ0) is 24.8. The largest absolute Gasteiger partial charge is 0.421 e. The number of hydrogen-bond donors (Lipinski definition) is 2. The number of urea groups is 1. The second-order valence-electron chi connectivity index (χ2n) is 9.17. The van der Waals surface area contributed by atoms with Crippen molar-refractivity contribution in [3.05, 3.63) is 47.7 Å². The van der Waals surface area contributed by atoms with Crippen LogP contribution in [0.3, 0.4) is 0 Å². The summed E-state index contributed by atoms with van der Waals surface area (Å²) in [5.74, 6) is 0.171. The standard InChI is InChI=1S/C24H32F3N7O/c25-24(26,27)20-16-30-22(31-21(20)28)33-12-14-34(15-13-33)23(35)29-9-6-18-7-10-32(11-8-18)17-19-4-2-1-3-5-19/h1-5,16,18H,6-15,17H2,(H,29,35)(H2,28,30,31). The van der Waals surface area contributed by atoms with Gasteiger partial charge in [0.25, 0.3) is 0 Å². The van der Waals surface area contributed by atoms with Gasteiger partial charge in [0.15, 0.2) is 0 Å². The molecule has 1 aromatic heterocycles. The van der Waals surface area contributed by atoms with Crippen molar-refractivity contribution in [2.24, 2.45) is 5.92 Å². The smallest absolute Gasteiger partial charge is 0.383 e. The number of amides is 2. The van der Waals surface area contributed by atoms with Crippen molar-refractivity contribution < 1.29 is 18.0 Å². The van der Waals surface area contributed by atoms with E-state index in [4.69, 9.17) is 5.73 Å². The van der Waals surface area contributed by atoms with Crippen LogP contribution < -0.4 is 16.0 Å². The highest BCUT2D eigenvalue weighted by molar-refractivity contribution is 5.74. The Hall–Kier alpha value is -3.08. The molecule has 190 valence electrons. The molecule has 0 aliphatic carbocycles. The number of piperidine rings is 1. The number of anilines is 2. The summed E-state index contributed by atoms with van der Waals surface area (Å²) in [7, 11) is 0. The van der Waals surface area contributed by atoms with Crippen LogP contribution >= 0.6 is 0 Å². The van der Waals surface area contributed by atoms with Gasteiger partial charge in [-0.15, -0.1) is 0 Å². The SMILES string of the molecule is Nc1nc(N2CCN(C(=O)NCCC3CCN(Cc4ccccc4)CC3)CC2)ncc1C(F)(F)F. The summed E-state index contributed by atoms with van der Waals surface area (Å²) in [6.07, 6.45) is -0.639. The fraction of sp³-hybridized carbons (Fsp3) is 0.542. The molecule has 3 N–H and O–H groups in total. The number of nitrogen functional groups attached to an aromatic ring is 1. The fourth-order valence-electron chi connectivity index (χ4n) is 4.64. The van der Waals surface area contributed by atoms with Crippen LogP contribution in [0, 0.1) is 5.92 Å². The molecule has 2 saturated heterocycles. The lowest BCUT2D eigenvalue weighted by Crippen LogP contribution is -2.52. The van der Waals surface area contributed by atoms with Gasteiger partial charge in [0, 0.05) is 45.5 Å². The second kappa shape index (κ2) is 11.1. The van der Waals surface area contributed by atoms with Gasteiger partial charge in [0.05, 0.1) is 0 Å². The van der Waals surface area contributed by atoms with Crippen LogP contribution in [0.1, 0.15) is 30.4 Å². The Bertz CT molecular complexity index is 973. The minimum absolute atomic E-state index is 0.112. The van der Waals surface area contributed by atoms with Gasteiger partial charge in [0.1, 0.15) is 11.4 Å². The first kappa shape index (κ1) is 25.0. The molecule has 3 heterocycles. The summed E-state index contributed by atoms with van der Waals surface area (Å²) in [5, 5.41) is 3.02. The fourth-order valence-corrected chi connectivity index (χ4v) is 4.64. The normalized spacial score (nSPS) is 18.0. The van der Waals surface area contributed by atoms with Crippen molar-refractivity contribution in [1.82, 2.24) is 25.1 Å². The molecule has 2 aromatic rings. The molecule has 2 aliphatic rings. The van der Waals surface area contributed by atoms with Crippen molar-refractivity contribution in [2.75, 3.05) is 56.4 Å². The van der Waals surface area contributed by atoms with Gasteiger partial charge in [-0.1, -0.05) is 30.3 Å². The summed E-state index contributed by atoms with van der Waals surface area (Å²) < 4.78 is 38.6. The molecule has 1 aromatic carbocycles. The number of carbonyl (C=O) groups excluding carboxylic acids is 1. The van der Waals surface area contributed by atoms with Crippen LogP contribution in [0.2, 0.25) is 0 Å². The van der Waals surface area contributed by atoms with Gasteiger partial charge in [-0.2, -0.15) is 18.2 Å². The minimum Gasteiger partial charge on any atom is -0.383 e.